The van der Waals surface area contributed by atoms with E-state index in [1.807, 2.05) is 0 Å². The number of carbonyl (C=O) groups excluding carboxylic acids is 1. The van der Waals surface area contributed by atoms with Gasteiger partial charge in [0, 0.05) is 30.2 Å². The highest BCUT2D eigenvalue weighted by molar-refractivity contribution is 7.93. The molecule has 0 radical (unpaired) electrons. The van der Waals surface area contributed by atoms with Gasteiger partial charge >= 0.3 is 6.36 Å². The van der Waals surface area contributed by atoms with Crippen LogP contribution in [-0.2, 0) is 14.8 Å². The van der Waals surface area contributed by atoms with Crippen LogP contribution in [0.15, 0.2) is 65.0 Å². The molecule has 1 fully saturated rings. The van der Waals surface area contributed by atoms with Gasteiger partial charge in [0.2, 0.25) is 0 Å². The van der Waals surface area contributed by atoms with E-state index in [4.69, 9.17) is 4.74 Å². The van der Waals surface area contributed by atoms with E-state index < -0.39 is 28.2 Å². The lowest BCUT2D eigenvalue weighted by Crippen LogP contribution is -2.32. The number of nitrogens with one attached hydrogen (secondary N) is 1. The van der Waals surface area contributed by atoms with Crippen molar-refractivity contribution >= 4 is 38.1 Å². The number of thiazole rings is 1. The van der Waals surface area contributed by atoms with Crippen molar-refractivity contribution in [1.29, 1.82) is 0 Å². The molecule has 1 unspecified atom stereocenters. The highest BCUT2D eigenvalue weighted by Crippen LogP contribution is 2.29. The molecule has 13 heteroatoms. The second-order valence-corrected chi connectivity index (χ2v) is 9.42. The summed E-state index contributed by atoms with van der Waals surface area (Å²) in [5.41, 5.74) is 0.494. The molecule has 0 saturated carbocycles. The molecule has 33 heavy (non-hydrogen) atoms. The minimum Gasteiger partial charge on any atom is -0.481 e. The number of aromatic nitrogens is 1. The molecule has 1 amide bonds. The van der Waals surface area contributed by atoms with Gasteiger partial charge in [-0.1, -0.05) is 0 Å². The molecule has 1 saturated heterocycles. The minimum absolute atomic E-state index is 0.0158. The molecule has 3 aromatic rings. The summed E-state index contributed by atoms with van der Waals surface area (Å²) in [6.45, 7) is 0.336. The molecule has 1 aliphatic heterocycles. The van der Waals surface area contributed by atoms with Crippen LogP contribution in [0.3, 0.4) is 0 Å². The van der Waals surface area contributed by atoms with Gasteiger partial charge in [-0.3, -0.25) is 9.52 Å². The molecule has 0 spiro atoms. The standard InChI is InChI=1S/C20H16F3N3O5S2/c21-20(22,23)31-15-5-3-14(4-6-15)30-17-9-11-26(18(17)27)13-1-7-16(8-2-13)33(28,29)25-19-24-10-12-32-19/h1-8,10,12,17H,9,11H2,(H,24,25). The van der Waals surface area contributed by atoms with Gasteiger partial charge in [0.15, 0.2) is 11.2 Å². The van der Waals surface area contributed by atoms with Crippen molar-refractivity contribution in [2.75, 3.05) is 16.2 Å². The largest absolute Gasteiger partial charge is 0.573 e. The van der Waals surface area contributed by atoms with Crippen molar-refractivity contribution in [3.05, 3.63) is 60.1 Å². The summed E-state index contributed by atoms with van der Waals surface area (Å²) in [6.07, 6.45) is -3.79. The van der Waals surface area contributed by atoms with Gasteiger partial charge < -0.3 is 14.4 Å². The average Bonchev–Trinajstić information content (AvgIpc) is 3.38. The fourth-order valence-electron chi connectivity index (χ4n) is 3.16. The van der Waals surface area contributed by atoms with Crippen molar-refractivity contribution < 1.29 is 35.9 Å². The fraction of sp³-hybridized carbons (Fsp3) is 0.200. The SMILES string of the molecule is O=C1C(Oc2ccc(OC(F)(F)F)cc2)CCN1c1ccc(S(=O)(=O)Nc2nccs2)cc1. The number of anilines is 2. The quantitative estimate of drug-likeness (QED) is 0.527. The first-order chi connectivity index (χ1) is 15.6. The molecule has 1 aliphatic rings. The summed E-state index contributed by atoms with van der Waals surface area (Å²) in [5.74, 6) is -0.518. The zero-order chi connectivity index (χ0) is 23.6. The predicted molar refractivity (Wildman–Crippen MR) is 114 cm³/mol. The fourth-order valence-corrected chi connectivity index (χ4v) is 4.95. The maximum absolute atomic E-state index is 12.7. The van der Waals surface area contributed by atoms with Crippen molar-refractivity contribution in [2.45, 2.75) is 23.8 Å². The van der Waals surface area contributed by atoms with Crippen LogP contribution >= 0.6 is 11.3 Å². The molecule has 174 valence electrons. The Morgan fingerprint density at radius 2 is 1.73 bits per heavy atom. The second kappa shape index (κ2) is 8.90. The molecule has 8 nitrogen and oxygen atoms in total. The lowest BCUT2D eigenvalue weighted by atomic mass is 10.3. The van der Waals surface area contributed by atoms with E-state index in [1.54, 1.807) is 5.38 Å². The Labute approximate surface area is 190 Å². The highest BCUT2D eigenvalue weighted by Gasteiger charge is 2.35. The van der Waals surface area contributed by atoms with Crippen LogP contribution in [0.1, 0.15) is 6.42 Å². The first kappa shape index (κ1) is 22.9. The minimum atomic E-state index is -4.80. The molecule has 1 aromatic heterocycles. The van der Waals surface area contributed by atoms with E-state index in [9.17, 15) is 26.4 Å². The lowest BCUT2D eigenvalue weighted by Gasteiger charge is -2.18. The zero-order valence-electron chi connectivity index (χ0n) is 16.7. The van der Waals surface area contributed by atoms with Crippen LogP contribution in [0.4, 0.5) is 24.0 Å². The average molecular weight is 499 g/mol. The summed E-state index contributed by atoms with van der Waals surface area (Å²) in [4.78, 5) is 18.1. The van der Waals surface area contributed by atoms with Gasteiger partial charge in [-0.2, -0.15) is 0 Å². The maximum Gasteiger partial charge on any atom is 0.573 e. The zero-order valence-corrected chi connectivity index (χ0v) is 18.3. The summed E-state index contributed by atoms with van der Waals surface area (Å²) in [5, 5.41) is 1.88. The highest BCUT2D eigenvalue weighted by atomic mass is 32.2. The Hall–Kier alpha value is -3.32. The van der Waals surface area contributed by atoms with Crippen LogP contribution in [0.5, 0.6) is 11.5 Å². The van der Waals surface area contributed by atoms with Gasteiger partial charge in [-0.05, 0) is 48.5 Å². The number of rotatable bonds is 7. The molecular weight excluding hydrogens is 483 g/mol. The molecule has 0 aliphatic carbocycles. The third-order valence-electron chi connectivity index (χ3n) is 4.60. The lowest BCUT2D eigenvalue weighted by molar-refractivity contribution is -0.274. The Bertz CT molecular complexity index is 1220. The number of hydrogen-bond acceptors (Lipinski definition) is 7. The number of ether oxygens (including phenoxy) is 2. The van der Waals surface area contributed by atoms with Crippen LogP contribution < -0.4 is 19.1 Å². The first-order valence-corrected chi connectivity index (χ1v) is 11.8. The van der Waals surface area contributed by atoms with Crippen molar-refractivity contribution in [3.8, 4) is 11.5 Å². The summed E-state index contributed by atoms with van der Waals surface area (Å²) in [7, 11) is -3.81. The van der Waals surface area contributed by atoms with Crippen molar-refractivity contribution in [1.82, 2.24) is 4.98 Å². The van der Waals surface area contributed by atoms with Gasteiger partial charge in [-0.25, -0.2) is 13.4 Å². The number of halogens is 3. The molecule has 2 heterocycles. The van der Waals surface area contributed by atoms with E-state index in [1.165, 1.54) is 47.5 Å². The normalized spacial score (nSPS) is 16.6. The van der Waals surface area contributed by atoms with E-state index in [2.05, 4.69) is 14.4 Å². The van der Waals surface area contributed by atoms with Crippen molar-refractivity contribution in [3.63, 3.8) is 0 Å². The molecule has 1 N–H and O–H groups in total. The Kier molecular flexibility index (Phi) is 6.17. The monoisotopic (exact) mass is 499 g/mol. The molecular formula is C20H16F3N3O5S2. The topological polar surface area (TPSA) is 97.8 Å². The molecule has 0 bridgehead atoms. The number of hydrogen-bond donors (Lipinski definition) is 1. The number of nitrogens with zero attached hydrogens (tertiary/aromatic N) is 2. The summed E-state index contributed by atoms with van der Waals surface area (Å²) >= 11 is 1.15. The number of amides is 1. The number of alkyl halides is 3. The Morgan fingerprint density at radius 1 is 1.06 bits per heavy atom. The van der Waals surface area contributed by atoms with E-state index in [0.717, 1.165) is 23.5 Å². The third-order valence-corrected chi connectivity index (χ3v) is 6.78. The molecule has 2 aromatic carbocycles. The van der Waals surface area contributed by atoms with Gasteiger partial charge in [-0.15, -0.1) is 24.5 Å². The van der Waals surface area contributed by atoms with Gasteiger partial charge in [0.05, 0.1) is 4.90 Å². The molecule has 4 rings (SSSR count). The van der Waals surface area contributed by atoms with E-state index in [0.29, 0.717) is 18.7 Å². The van der Waals surface area contributed by atoms with Crippen LogP contribution in [0, 0.1) is 0 Å². The van der Waals surface area contributed by atoms with Gasteiger partial charge in [0.25, 0.3) is 15.9 Å². The van der Waals surface area contributed by atoms with E-state index >= 15 is 0 Å². The number of benzene rings is 2. The van der Waals surface area contributed by atoms with Gasteiger partial charge in [0.1, 0.15) is 11.5 Å². The van der Waals surface area contributed by atoms with Crippen molar-refractivity contribution in [2.24, 2.45) is 0 Å². The Balaban J connectivity index is 1.39. The van der Waals surface area contributed by atoms with Crippen LogP contribution in [0.25, 0.3) is 0 Å². The smallest absolute Gasteiger partial charge is 0.481 e. The molecule has 1 atom stereocenters. The predicted octanol–water partition coefficient (Wildman–Crippen LogP) is 4.03. The van der Waals surface area contributed by atoms with E-state index in [-0.39, 0.29) is 21.7 Å². The number of carbonyl (C=O) groups is 1. The summed E-state index contributed by atoms with van der Waals surface area (Å²) in [6, 6.07) is 10.5. The third kappa shape index (κ3) is 5.54. The van der Waals surface area contributed by atoms with Crippen LogP contribution in [0.2, 0.25) is 0 Å². The van der Waals surface area contributed by atoms with Crippen LogP contribution in [-0.4, -0.2) is 38.3 Å². The Morgan fingerprint density at radius 3 is 2.33 bits per heavy atom. The number of sulfonamides is 1. The summed E-state index contributed by atoms with van der Waals surface area (Å²) < 4.78 is 73.4. The second-order valence-electron chi connectivity index (χ2n) is 6.84. The maximum atomic E-state index is 12.7. The first-order valence-electron chi connectivity index (χ1n) is 9.47.